The lowest BCUT2D eigenvalue weighted by atomic mass is 10.0. The number of rotatable bonds is 5. The Hall–Kier alpha value is -3.20. The van der Waals surface area contributed by atoms with Gasteiger partial charge < -0.3 is 15.0 Å². The number of halogens is 4. The van der Waals surface area contributed by atoms with Gasteiger partial charge in [0.1, 0.15) is 5.75 Å². The van der Waals surface area contributed by atoms with E-state index in [0.29, 0.717) is 31.0 Å². The molecule has 1 aromatic heterocycles. The summed E-state index contributed by atoms with van der Waals surface area (Å²) in [5.74, 6) is -0.0223. The molecule has 2 heterocycles. The van der Waals surface area contributed by atoms with Crippen molar-refractivity contribution in [3.8, 4) is 11.4 Å². The fraction of sp³-hybridized carbons (Fsp3) is 0.304. The van der Waals surface area contributed by atoms with Gasteiger partial charge in [0, 0.05) is 29.8 Å². The molecular formula is C23H22ClF3N4O2. The maximum absolute atomic E-state index is 13.9. The minimum Gasteiger partial charge on any atom is -0.497 e. The first-order valence-electron chi connectivity index (χ1n) is 10.4. The van der Waals surface area contributed by atoms with E-state index in [-0.39, 0.29) is 11.7 Å². The zero-order valence-corrected chi connectivity index (χ0v) is 18.5. The summed E-state index contributed by atoms with van der Waals surface area (Å²) in [6.07, 6.45) is -2.57. The Bertz CT molecular complexity index is 1110. The van der Waals surface area contributed by atoms with Crippen LogP contribution in [0, 0.1) is 0 Å². The van der Waals surface area contributed by atoms with Crippen LogP contribution < -0.4 is 15.0 Å². The topological polar surface area (TPSA) is 59.4 Å². The quantitative estimate of drug-likeness (QED) is 0.563. The number of carbonyl (C=O) groups excluding carboxylic acids is 1. The van der Waals surface area contributed by atoms with Gasteiger partial charge in [-0.05, 0) is 61.4 Å². The molecule has 33 heavy (non-hydrogen) atoms. The minimum atomic E-state index is -4.76. The average molecular weight is 479 g/mol. The van der Waals surface area contributed by atoms with Gasteiger partial charge in [-0.3, -0.25) is 4.79 Å². The number of amides is 1. The van der Waals surface area contributed by atoms with Crippen molar-refractivity contribution in [1.82, 2.24) is 15.1 Å². The van der Waals surface area contributed by atoms with E-state index in [1.165, 1.54) is 24.3 Å². The summed E-state index contributed by atoms with van der Waals surface area (Å²) in [6, 6.07) is 13.2. The van der Waals surface area contributed by atoms with Gasteiger partial charge in [0.15, 0.2) is 5.69 Å². The molecule has 1 N–H and O–H groups in total. The van der Waals surface area contributed by atoms with Crippen LogP contribution in [0.3, 0.4) is 0 Å². The number of nitrogens with one attached hydrogen (secondary N) is 1. The predicted molar refractivity (Wildman–Crippen MR) is 119 cm³/mol. The fourth-order valence-electron chi connectivity index (χ4n) is 3.90. The molecule has 4 rings (SSSR count). The second-order valence-electron chi connectivity index (χ2n) is 7.73. The Morgan fingerprint density at radius 2 is 1.67 bits per heavy atom. The third kappa shape index (κ3) is 5.08. The number of alkyl halides is 3. The van der Waals surface area contributed by atoms with E-state index in [0.717, 1.165) is 22.3 Å². The standard InChI is InChI=1S/C23H22ClF3N4O2/c1-33-19-8-6-17(7-9-19)30-12-10-16(11-13-30)29-22(32)20-14-28-31(21(20)23(25,26)27)18-4-2-15(24)3-5-18/h2-9,14,16H,10-13H2,1H3,(H,29,32). The molecule has 0 saturated carbocycles. The molecule has 1 saturated heterocycles. The minimum absolute atomic E-state index is 0.165. The highest BCUT2D eigenvalue weighted by molar-refractivity contribution is 6.30. The van der Waals surface area contributed by atoms with Crippen molar-refractivity contribution in [2.75, 3.05) is 25.1 Å². The first-order valence-corrected chi connectivity index (χ1v) is 10.7. The summed E-state index contributed by atoms with van der Waals surface area (Å²) in [6.45, 7) is 1.35. The number of aromatic nitrogens is 2. The summed E-state index contributed by atoms with van der Waals surface area (Å²) >= 11 is 5.83. The third-order valence-electron chi connectivity index (χ3n) is 5.62. The lowest BCUT2D eigenvalue weighted by molar-refractivity contribution is -0.143. The Balaban J connectivity index is 1.46. The van der Waals surface area contributed by atoms with E-state index in [4.69, 9.17) is 16.3 Å². The highest BCUT2D eigenvalue weighted by atomic mass is 35.5. The SMILES string of the molecule is COc1ccc(N2CCC(NC(=O)c3cnn(-c4ccc(Cl)cc4)c3C(F)(F)F)CC2)cc1. The van der Waals surface area contributed by atoms with Gasteiger partial charge in [-0.25, -0.2) is 4.68 Å². The van der Waals surface area contributed by atoms with E-state index >= 15 is 0 Å². The number of ether oxygens (including phenoxy) is 1. The molecule has 0 unspecified atom stereocenters. The van der Waals surface area contributed by atoms with Gasteiger partial charge in [0.25, 0.3) is 5.91 Å². The van der Waals surface area contributed by atoms with Crippen molar-refractivity contribution in [2.45, 2.75) is 25.1 Å². The normalized spacial score (nSPS) is 14.9. The summed E-state index contributed by atoms with van der Waals surface area (Å²) in [7, 11) is 1.60. The van der Waals surface area contributed by atoms with Crippen molar-refractivity contribution < 1.29 is 22.7 Å². The molecule has 1 amide bonds. The van der Waals surface area contributed by atoms with Crippen LogP contribution in [0.5, 0.6) is 5.75 Å². The van der Waals surface area contributed by atoms with Crippen molar-refractivity contribution in [2.24, 2.45) is 0 Å². The molecule has 0 bridgehead atoms. The monoisotopic (exact) mass is 478 g/mol. The number of hydrogen-bond donors (Lipinski definition) is 1. The van der Waals surface area contributed by atoms with E-state index in [9.17, 15) is 18.0 Å². The molecule has 0 atom stereocenters. The first kappa shape index (κ1) is 23.0. The van der Waals surface area contributed by atoms with E-state index < -0.39 is 23.3 Å². The number of carbonyl (C=O) groups is 1. The predicted octanol–water partition coefficient (Wildman–Crippen LogP) is 4.95. The van der Waals surface area contributed by atoms with E-state index in [1.807, 2.05) is 24.3 Å². The number of anilines is 1. The van der Waals surface area contributed by atoms with Crippen LogP contribution in [-0.2, 0) is 6.18 Å². The van der Waals surface area contributed by atoms with E-state index in [2.05, 4.69) is 15.3 Å². The largest absolute Gasteiger partial charge is 0.497 e. The molecule has 1 aliphatic rings. The zero-order chi connectivity index (χ0) is 23.6. The third-order valence-corrected chi connectivity index (χ3v) is 5.87. The average Bonchev–Trinajstić information content (AvgIpc) is 3.26. The highest BCUT2D eigenvalue weighted by Crippen LogP contribution is 2.34. The van der Waals surface area contributed by atoms with Crippen LogP contribution in [0.15, 0.2) is 54.7 Å². The van der Waals surface area contributed by atoms with Gasteiger partial charge in [-0.1, -0.05) is 11.6 Å². The number of benzene rings is 2. The number of piperidine rings is 1. The molecule has 2 aromatic carbocycles. The lowest BCUT2D eigenvalue weighted by Crippen LogP contribution is -2.45. The second-order valence-corrected chi connectivity index (χ2v) is 8.16. The number of methoxy groups -OCH3 is 1. The molecule has 174 valence electrons. The van der Waals surface area contributed by atoms with Crippen LogP contribution in [0.1, 0.15) is 28.9 Å². The number of nitrogens with zero attached hydrogens (tertiary/aromatic N) is 3. The Morgan fingerprint density at radius 1 is 1.06 bits per heavy atom. The Kier molecular flexibility index (Phi) is 6.51. The van der Waals surface area contributed by atoms with Crippen LogP contribution in [0.25, 0.3) is 5.69 Å². The maximum Gasteiger partial charge on any atom is 0.434 e. The summed E-state index contributed by atoms with van der Waals surface area (Å²) in [5.41, 5.74) is -0.421. The molecule has 1 aliphatic heterocycles. The fourth-order valence-corrected chi connectivity index (χ4v) is 4.03. The van der Waals surface area contributed by atoms with Crippen molar-refractivity contribution in [3.05, 3.63) is 71.0 Å². The molecular weight excluding hydrogens is 457 g/mol. The van der Waals surface area contributed by atoms with Gasteiger partial charge in [-0.15, -0.1) is 0 Å². The summed E-state index contributed by atoms with van der Waals surface area (Å²) in [4.78, 5) is 15.0. The lowest BCUT2D eigenvalue weighted by Gasteiger charge is -2.34. The molecule has 10 heteroatoms. The van der Waals surface area contributed by atoms with Gasteiger partial charge in [-0.2, -0.15) is 18.3 Å². The second kappa shape index (κ2) is 9.35. The smallest absolute Gasteiger partial charge is 0.434 e. The Labute approximate surface area is 193 Å². The maximum atomic E-state index is 13.9. The van der Waals surface area contributed by atoms with E-state index in [1.54, 1.807) is 7.11 Å². The molecule has 3 aromatic rings. The Morgan fingerprint density at radius 3 is 2.24 bits per heavy atom. The van der Waals surface area contributed by atoms with Crippen LogP contribution in [-0.4, -0.2) is 41.9 Å². The van der Waals surface area contributed by atoms with Crippen molar-refractivity contribution >= 4 is 23.2 Å². The zero-order valence-electron chi connectivity index (χ0n) is 17.8. The van der Waals surface area contributed by atoms with Crippen LogP contribution in [0.4, 0.5) is 18.9 Å². The molecule has 6 nitrogen and oxygen atoms in total. The highest BCUT2D eigenvalue weighted by Gasteiger charge is 2.41. The van der Waals surface area contributed by atoms with Crippen LogP contribution in [0.2, 0.25) is 5.02 Å². The first-order chi connectivity index (χ1) is 15.8. The molecule has 0 radical (unpaired) electrons. The summed E-state index contributed by atoms with van der Waals surface area (Å²) < 4.78 is 47.5. The van der Waals surface area contributed by atoms with Gasteiger partial charge in [0.2, 0.25) is 0 Å². The van der Waals surface area contributed by atoms with Crippen molar-refractivity contribution in [1.29, 1.82) is 0 Å². The molecule has 1 fully saturated rings. The van der Waals surface area contributed by atoms with Gasteiger partial charge >= 0.3 is 6.18 Å². The van der Waals surface area contributed by atoms with Gasteiger partial charge in [0.05, 0.1) is 24.6 Å². The van der Waals surface area contributed by atoms with Crippen molar-refractivity contribution in [3.63, 3.8) is 0 Å². The molecule has 0 aliphatic carbocycles. The van der Waals surface area contributed by atoms with Crippen LogP contribution >= 0.6 is 11.6 Å². The summed E-state index contributed by atoms with van der Waals surface area (Å²) in [5, 5.41) is 6.98. The number of hydrogen-bond acceptors (Lipinski definition) is 4. The molecule has 0 spiro atoms.